The lowest BCUT2D eigenvalue weighted by Gasteiger charge is -2.19. The van der Waals surface area contributed by atoms with E-state index in [1.54, 1.807) is 22.7 Å². The molecule has 0 N–H and O–H groups in total. The van der Waals surface area contributed by atoms with Gasteiger partial charge in [-0.2, -0.15) is 0 Å². The highest BCUT2D eigenvalue weighted by molar-refractivity contribution is 7.25. The third kappa shape index (κ3) is 4.28. The Morgan fingerprint density at radius 3 is 1.25 bits per heavy atom. The lowest BCUT2D eigenvalue weighted by Crippen LogP contribution is -2.05. The molecule has 0 fully saturated rings. The molecule has 0 aliphatic heterocycles. The number of benzene rings is 7. The van der Waals surface area contributed by atoms with Gasteiger partial charge in [0.2, 0.25) is 10.9 Å². The summed E-state index contributed by atoms with van der Waals surface area (Å²) in [4.78, 5) is 27.5. The molecule has 11 rings (SSSR count). The highest BCUT2D eigenvalue weighted by atomic mass is 32.1. The van der Waals surface area contributed by atoms with Gasteiger partial charge < -0.3 is 18.0 Å². The minimum Gasteiger partial charge on any atom is -0.456 e. The molecular weight excluding hydrogens is 685 g/mol. The molecule has 0 bridgehead atoms. The zero-order valence-corrected chi connectivity index (χ0v) is 28.8. The Balaban J connectivity index is 1.23. The van der Waals surface area contributed by atoms with Crippen LogP contribution in [-0.2, 0) is 0 Å². The topological polar surface area (TPSA) is 70.3 Å². The summed E-state index contributed by atoms with van der Waals surface area (Å²) in [6.07, 6.45) is 0. The van der Waals surface area contributed by atoms with Crippen LogP contribution in [0, 0.1) is 0 Å². The maximum Gasteiger partial charge on any atom is 0.200 e. The Morgan fingerprint density at radius 1 is 0.365 bits per heavy atom. The second-order valence-electron chi connectivity index (χ2n) is 12.8. The van der Waals surface area contributed by atoms with E-state index in [0.29, 0.717) is 43.9 Å². The molecule has 52 heavy (non-hydrogen) atoms. The van der Waals surface area contributed by atoms with E-state index in [0.717, 1.165) is 52.2 Å². The second-order valence-corrected chi connectivity index (χ2v) is 15.0. The molecule has 11 aromatic rings. The van der Waals surface area contributed by atoms with Gasteiger partial charge in [0.05, 0.1) is 62.4 Å². The van der Waals surface area contributed by atoms with Crippen molar-refractivity contribution in [2.24, 2.45) is 0 Å². The Hall–Kier alpha value is -6.48. The van der Waals surface area contributed by atoms with Gasteiger partial charge in [-0.15, -0.1) is 22.7 Å². The monoisotopic (exact) mass is 708 g/mol. The fraction of sp³-hybridized carbons (Fsp3) is 0. The van der Waals surface area contributed by atoms with E-state index in [1.807, 2.05) is 97.1 Å². The molecule has 246 valence electrons. The third-order valence-corrected chi connectivity index (χ3v) is 12.0. The number of para-hydroxylation sites is 4. The maximum absolute atomic E-state index is 13.7. The molecule has 8 heteroatoms. The van der Waals surface area contributed by atoms with Crippen LogP contribution in [0.5, 0.6) is 0 Å². The Bertz CT molecular complexity index is 3250. The molecule has 0 spiro atoms. The first kappa shape index (κ1) is 29.3. The molecule has 4 heterocycles. The van der Waals surface area contributed by atoms with Crippen molar-refractivity contribution in [1.82, 2.24) is 9.13 Å². The fourth-order valence-electron chi connectivity index (χ4n) is 7.42. The van der Waals surface area contributed by atoms with Gasteiger partial charge in [0.25, 0.3) is 0 Å². The highest BCUT2D eigenvalue weighted by Crippen LogP contribution is 2.39. The molecule has 6 nitrogen and oxygen atoms in total. The predicted octanol–water partition coefficient (Wildman–Crippen LogP) is 11.6. The van der Waals surface area contributed by atoms with E-state index in [-0.39, 0.29) is 10.9 Å². The number of aromatic nitrogens is 2. The fourth-order valence-corrected chi connectivity index (χ4v) is 9.57. The number of rotatable bonds is 2. The molecule has 0 saturated carbocycles. The van der Waals surface area contributed by atoms with Crippen LogP contribution in [0.25, 0.3) is 96.1 Å². The van der Waals surface area contributed by atoms with Gasteiger partial charge in [0, 0.05) is 11.4 Å². The molecule has 0 atom stereocenters. The molecule has 7 aromatic carbocycles. The van der Waals surface area contributed by atoms with Gasteiger partial charge in [-0.25, -0.2) is 0 Å². The van der Waals surface area contributed by atoms with Crippen LogP contribution in [-0.4, -0.2) is 9.13 Å². The molecule has 0 radical (unpaired) electrons. The average Bonchev–Trinajstić information content (AvgIpc) is 3.18. The van der Waals surface area contributed by atoms with Gasteiger partial charge in [-0.3, -0.25) is 9.59 Å². The number of nitrogens with zero attached hydrogens (tertiary/aromatic N) is 2. The first-order chi connectivity index (χ1) is 25.6. The molecule has 0 aliphatic rings. The van der Waals surface area contributed by atoms with Crippen LogP contribution in [0.4, 0.5) is 0 Å². The zero-order valence-electron chi connectivity index (χ0n) is 27.2. The van der Waals surface area contributed by atoms with Crippen LogP contribution in [0.3, 0.4) is 0 Å². The molecule has 0 saturated heterocycles. The quantitative estimate of drug-likeness (QED) is 0.168. The number of fused-ring (bicyclic) bond motifs is 8. The molecule has 0 unspecified atom stereocenters. The number of hydrogen-bond acceptors (Lipinski definition) is 6. The van der Waals surface area contributed by atoms with Crippen LogP contribution < -0.4 is 10.9 Å². The van der Waals surface area contributed by atoms with Gasteiger partial charge in [0.1, 0.15) is 22.3 Å². The summed E-state index contributed by atoms with van der Waals surface area (Å²) in [5, 5.41) is 2.20. The van der Waals surface area contributed by atoms with Crippen molar-refractivity contribution < 1.29 is 8.83 Å². The Morgan fingerprint density at radius 2 is 0.769 bits per heavy atom. The smallest absolute Gasteiger partial charge is 0.200 e. The molecule has 0 amide bonds. The van der Waals surface area contributed by atoms with E-state index in [1.165, 1.54) is 0 Å². The summed E-state index contributed by atoms with van der Waals surface area (Å²) in [6.45, 7) is 0. The second kappa shape index (κ2) is 11.0. The van der Waals surface area contributed by atoms with E-state index < -0.39 is 0 Å². The third-order valence-electron chi connectivity index (χ3n) is 9.81. The Labute approximate surface area is 301 Å². The van der Waals surface area contributed by atoms with Crippen LogP contribution in [0.15, 0.2) is 164 Å². The van der Waals surface area contributed by atoms with Crippen molar-refractivity contribution in [3.8, 4) is 11.4 Å². The summed E-state index contributed by atoms with van der Waals surface area (Å²) in [5.41, 5.74) is 8.01. The summed E-state index contributed by atoms with van der Waals surface area (Å²) >= 11 is 3.45. The predicted molar refractivity (Wildman–Crippen MR) is 216 cm³/mol. The van der Waals surface area contributed by atoms with Gasteiger partial charge in [0.15, 0.2) is 0 Å². The van der Waals surface area contributed by atoms with E-state index in [4.69, 9.17) is 8.83 Å². The van der Waals surface area contributed by atoms with Gasteiger partial charge >= 0.3 is 0 Å². The summed E-state index contributed by atoms with van der Waals surface area (Å²) < 4.78 is 21.2. The maximum atomic E-state index is 13.7. The Kier molecular flexibility index (Phi) is 6.20. The zero-order chi connectivity index (χ0) is 34.5. The van der Waals surface area contributed by atoms with Crippen molar-refractivity contribution in [1.29, 1.82) is 0 Å². The molecule has 4 aromatic heterocycles. The van der Waals surface area contributed by atoms with Gasteiger partial charge in [-0.1, -0.05) is 48.5 Å². The summed E-state index contributed by atoms with van der Waals surface area (Å²) in [5.74, 6) is 0. The van der Waals surface area contributed by atoms with Crippen molar-refractivity contribution >= 4 is 107 Å². The standard InChI is InChI=1S/C44H24N2O4S2/c47-43-27-9-1-5-13-35(27)49-37-19-17-25(21-29(37)43)45-31-11-3-7-15-39(31)51-41-24-34-42(23-33(41)45)52-40-16-8-4-12-32(40)46(34)26-18-20-38-30(22-26)44(48)28-10-2-6-14-36(28)50-38/h1-24H. The van der Waals surface area contributed by atoms with Crippen LogP contribution in [0.2, 0.25) is 0 Å². The van der Waals surface area contributed by atoms with Crippen molar-refractivity contribution in [2.45, 2.75) is 0 Å². The number of hydrogen-bond donors (Lipinski definition) is 0. The summed E-state index contributed by atoms with van der Waals surface area (Å²) in [6, 6.07) is 47.7. The van der Waals surface area contributed by atoms with Gasteiger partial charge in [-0.05, 0) is 97.1 Å². The van der Waals surface area contributed by atoms with E-state index in [2.05, 4.69) is 57.7 Å². The SMILES string of the molecule is O=c1c2ccccc2oc2ccc(-n3c4ccccc4sc4cc5c(cc43)sc3ccccc3n5-c3ccc4oc5ccccc5c(=O)c4c3)cc12. The average molecular weight is 709 g/mol. The van der Waals surface area contributed by atoms with E-state index in [9.17, 15) is 9.59 Å². The minimum absolute atomic E-state index is 0.0516. The van der Waals surface area contributed by atoms with Crippen molar-refractivity contribution in [3.05, 3.63) is 166 Å². The first-order valence-electron chi connectivity index (χ1n) is 16.8. The van der Waals surface area contributed by atoms with Crippen molar-refractivity contribution in [3.63, 3.8) is 0 Å². The molecule has 0 aliphatic carbocycles. The van der Waals surface area contributed by atoms with Crippen LogP contribution in [0.1, 0.15) is 0 Å². The normalized spacial score (nSPS) is 12.0. The summed E-state index contributed by atoms with van der Waals surface area (Å²) in [7, 11) is 0. The van der Waals surface area contributed by atoms with Crippen molar-refractivity contribution in [2.75, 3.05) is 0 Å². The van der Waals surface area contributed by atoms with E-state index >= 15 is 0 Å². The van der Waals surface area contributed by atoms with Crippen LogP contribution >= 0.6 is 22.7 Å². The first-order valence-corrected chi connectivity index (χ1v) is 18.5. The molecular formula is C44H24N2O4S2. The largest absolute Gasteiger partial charge is 0.456 e. The minimum atomic E-state index is -0.0516. The lowest BCUT2D eigenvalue weighted by molar-refractivity contribution is 0.659. The highest BCUT2D eigenvalue weighted by Gasteiger charge is 2.17. The lowest BCUT2D eigenvalue weighted by atomic mass is 10.1.